The van der Waals surface area contributed by atoms with Gasteiger partial charge in [0.25, 0.3) is 0 Å². The summed E-state index contributed by atoms with van der Waals surface area (Å²) in [6.07, 6.45) is 0. The van der Waals surface area contributed by atoms with Gasteiger partial charge in [-0.25, -0.2) is 0 Å². The molecule has 4 nitrogen and oxygen atoms in total. The second-order valence-electron chi connectivity index (χ2n) is 2.81. The Morgan fingerprint density at radius 3 is 2.67 bits per heavy atom. The number of guanidine groups is 1. The summed E-state index contributed by atoms with van der Waals surface area (Å²) in [4.78, 5) is 6.48. The summed E-state index contributed by atoms with van der Waals surface area (Å²) in [5.41, 5.74) is 0. The van der Waals surface area contributed by atoms with Crippen LogP contribution in [-0.4, -0.2) is 50.6 Å². The van der Waals surface area contributed by atoms with E-state index in [2.05, 4.69) is 27.4 Å². The Hall–Kier alpha value is -0.770. The minimum Gasteiger partial charge on any atom is -0.357 e. The largest absolute Gasteiger partial charge is 0.357 e. The number of piperazine rings is 1. The van der Waals surface area contributed by atoms with Gasteiger partial charge in [-0.3, -0.25) is 4.99 Å². The average molecular weight is 170 g/mol. The molecule has 1 aliphatic rings. The van der Waals surface area contributed by atoms with E-state index in [0.717, 1.165) is 38.7 Å². The predicted molar refractivity (Wildman–Crippen MR) is 51.5 cm³/mol. The van der Waals surface area contributed by atoms with E-state index in [0.29, 0.717) is 0 Å². The van der Waals surface area contributed by atoms with Gasteiger partial charge < -0.3 is 15.5 Å². The monoisotopic (exact) mass is 170 g/mol. The lowest BCUT2D eigenvalue weighted by atomic mass is 10.4. The molecule has 70 valence electrons. The van der Waals surface area contributed by atoms with Gasteiger partial charge in [0.2, 0.25) is 0 Å². The molecule has 1 aliphatic heterocycles. The summed E-state index contributed by atoms with van der Waals surface area (Å²) in [6, 6.07) is 0. The first kappa shape index (κ1) is 9.32. The fourth-order valence-electron chi connectivity index (χ4n) is 1.37. The van der Waals surface area contributed by atoms with Crippen LogP contribution >= 0.6 is 0 Å². The fraction of sp³-hybridized carbons (Fsp3) is 0.875. The Balaban J connectivity index is 2.41. The van der Waals surface area contributed by atoms with Crippen LogP contribution in [0.5, 0.6) is 0 Å². The summed E-state index contributed by atoms with van der Waals surface area (Å²) in [5.74, 6) is 1.03. The van der Waals surface area contributed by atoms with Crippen molar-refractivity contribution in [1.82, 2.24) is 15.5 Å². The van der Waals surface area contributed by atoms with E-state index in [1.165, 1.54) is 0 Å². The van der Waals surface area contributed by atoms with Crippen LogP contribution in [0, 0.1) is 0 Å². The molecule has 0 aromatic heterocycles. The first-order chi connectivity index (χ1) is 5.88. The van der Waals surface area contributed by atoms with Crippen LogP contribution in [0.3, 0.4) is 0 Å². The first-order valence-electron chi connectivity index (χ1n) is 4.54. The van der Waals surface area contributed by atoms with E-state index in [4.69, 9.17) is 0 Å². The summed E-state index contributed by atoms with van der Waals surface area (Å²) in [6.45, 7) is 7.26. The molecule has 0 amide bonds. The van der Waals surface area contributed by atoms with Crippen molar-refractivity contribution < 1.29 is 0 Å². The quantitative estimate of drug-likeness (QED) is 0.411. The zero-order valence-electron chi connectivity index (χ0n) is 7.93. The third-order valence-electron chi connectivity index (χ3n) is 1.96. The topological polar surface area (TPSA) is 39.7 Å². The molecule has 1 fully saturated rings. The standard InChI is InChI=1S/C8H18N4/c1-3-11-8(9-2)12-6-4-10-5-7-12/h10H,3-7H2,1-2H3,(H,9,11). The minimum absolute atomic E-state index is 0.941. The third kappa shape index (κ3) is 2.37. The van der Waals surface area contributed by atoms with Crippen molar-refractivity contribution in [2.24, 2.45) is 4.99 Å². The van der Waals surface area contributed by atoms with Gasteiger partial charge in [0.1, 0.15) is 0 Å². The van der Waals surface area contributed by atoms with Gasteiger partial charge in [0, 0.05) is 39.8 Å². The van der Waals surface area contributed by atoms with Crippen molar-refractivity contribution in [1.29, 1.82) is 0 Å². The maximum atomic E-state index is 4.21. The lowest BCUT2D eigenvalue weighted by Gasteiger charge is -2.30. The van der Waals surface area contributed by atoms with E-state index in [1.807, 2.05) is 7.05 Å². The number of rotatable bonds is 1. The summed E-state index contributed by atoms with van der Waals surface area (Å²) >= 11 is 0. The minimum atomic E-state index is 0.941. The van der Waals surface area contributed by atoms with Crippen molar-refractivity contribution in [2.75, 3.05) is 39.8 Å². The zero-order chi connectivity index (χ0) is 8.81. The Labute approximate surface area is 74.0 Å². The Morgan fingerprint density at radius 1 is 1.50 bits per heavy atom. The number of nitrogens with one attached hydrogen (secondary N) is 2. The molecular weight excluding hydrogens is 152 g/mol. The molecular formula is C8H18N4. The Kier molecular flexibility index (Phi) is 3.87. The van der Waals surface area contributed by atoms with Gasteiger partial charge in [-0.15, -0.1) is 0 Å². The molecule has 2 N–H and O–H groups in total. The molecule has 12 heavy (non-hydrogen) atoms. The molecule has 0 radical (unpaired) electrons. The number of nitrogens with zero attached hydrogens (tertiary/aromatic N) is 2. The van der Waals surface area contributed by atoms with Crippen molar-refractivity contribution in [2.45, 2.75) is 6.92 Å². The van der Waals surface area contributed by atoms with Gasteiger partial charge in [-0.2, -0.15) is 0 Å². The zero-order valence-corrected chi connectivity index (χ0v) is 7.93. The smallest absolute Gasteiger partial charge is 0.193 e. The molecule has 0 aromatic carbocycles. The van der Waals surface area contributed by atoms with Gasteiger partial charge in [0.05, 0.1) is 0 Å². The fourth-order valence-corrected chi connectivity index (χ4v) is 1.37. The molecule has 1 heterocycles. The van der Waals surface area contributed by atoms with Crippen LogP contribution in [0.1, 0.15) is 6.92 Å². The maximum Gasteiger partial charge on any atom is 0.193 e. The highest BCUT2D eigenvalue weighted by Gasteiger charge is 2.12. The molecule has 1 rings (SSSR count). The van der Waals surface area contributed by atoms with E-state index in [9.17, 15) is 0 Å². The van der Waals surface area contributed by atoms with Gasteiger partial charge >= 0.3 is 0 Å². The third-order valence-corrected chi connectivity index (χ3v) is 1.96. The van der Waals surface area contributed by atoms with Crippen molar-refractivity contribution in [3.05, 3.63) is 0 Å². The van der Waals surface area contributed by atoms with Gasteiger partial charge in [0.15, 0.2) is 5.96 Å². The molecule has 0 atom stereocenters. The first-order valence-corrected chi connectivity index (χ1v) is 4.54. The molecule has 0 aromatic rings. The van der Waals surface area contributed by atoms with Crippen LogP contribution in [0.15, 0.2) is 4.99 Å². The van der Waals surface area contributed by atoms with Crippen LogP contribution < -0.4 is 10.6 Å². The van der Waals surface area contributed by atoms with E-state index < -0.39 is 0 Å². The van der Waals surface area contributed by atoms with Crippen molar-refractivity contribution >= 4 is 5.96 Å². The van der Waals surface area contributed by atoms with Crippen LogP contribution in [0.4, 0.5) is 0 Å². The Bertz CT molecular complexity index is 149. The van der Waals surface area contributed by atoms with Crippen LogP contribution in [-0.2, 0) is 0 Å². The number of aliphatic imine (C=N–C) groups is 1. The predicted octanol–water partition coefficient (Wildman–Crippen LogP) is -0.513. The highest BCUT2D eigenvalue weighted by Crippen LogP contribution is 1.92. The molecule has 0 spiro atoms. The Morgan fingerprint density at radius 2 is 2.17 bits per heavy atom. The summed E-state index contributed by atoms with van der Waals surface area (Å²) in [7, 11) is 1.83. The van der Waals surface area contributed by atoms with Crippen LogP contribution in [0.25, 0.3) is 0 Å². The summed E-state index contributed by atoms with van der Waals surface area (Å²) in [5, 5.41) is 6.56. The van der Waals surface area contributed by atoms with Crippen LogP contribution in [0.2, 0.25) is 0 Å². The van der Waals surface area contributed by atoms with E-state index in [-0.39, 0.29) is 0 Å². The highest BCUT2D eigenvalue weighted by atomic mass is 15.3. The second kappa shape index (κ2) is 4.98. The summed E-state index contributed by atoms with van der Waals surface area (Å²) < 4.78 is 0. The normalized spacial score (nSPS) is 19.5. The van der Waals surface area contributed by atoms with Gasteiger partial charge in [-0.1, -0.05) is 0 Å². The molecule has 1 saturated heterocycles. The molecule has 0 bridgehead atoms. The van der Waals surface area contributed by atoms with Crippen molar-refractivity contribution in [3.63, 3.8) is 0 Å². The highest BCUT2D eigenvalue weighted by molar-refractivity contribution is 5.79. The average Bonchev–Trinajstić information content (AvgIpc) is 2.15. The number of hydrogen-bond donors (Lipinski definition) is 2. The van der Waals surface area contributed by atoms with E-state index >= 15 is 0 Å². The molecule has 0 saturated carbocycles. The lowest BCUT2D eigenvalue weighted by molar-refractivity contribution is 0.347. The molecule has 0 aliphatic carbocycles. The lowest BCUT2D eigenvalue weighted by Crippen LogP contribution is -2.50. The van der Waals surface area contributed by atoms with Crippen molar-refractivity contribution in [3.8, 4) is 0 Å². The second-order valence-corrected chi connectivity index (χ2v) is 2.81. The molecule has 4 heteroatoms. The molecule has 0 unspecified atom stereocenters. The maximum absolute atomic E-state index is 4.21. The number of hydrogen-bond acceptors (Lipinski definition) is 2. The SMILES string of the molecule is CCNC(=NC)N1CCNCC1. The van der Waals surface area contributed by atoms with E-state index in [1.54, 1.807) is 0 Å². The van der Waals surface area contributed by atoms with Gasteiger partial charge in [-0.05, 0) is 6.92 Å².